The van der Waals surface area contributed by atoms with Gasteiger partial charge in [0.15, 0.2) is 0 Å². The first kappa shape index (κ1) is 17.4. The molecule has 0 spiro atoms. The molecule has 1 aliphatic heterocycles. The first-order chi connectivity index (χ1) is 10.3. The number of piperidine rings is 1. The summed E-state index contributed by atoms with van der Waals surface area (Å²) in [7, 11) is -3.10. The summed E-state index contributed by atoms with van der Waals surface area (Å²) in [5.74, 6) is 0. The Labute approximate surface area is 135 Å². The largest absolute Gasteiger partial charge is 0.296 e. The summed E-state index contributed by atoms with van der Waals surface area (Å²) in [6.45, 7) is 8.74. The van der Waals surface area contributed by atoms with E-state index < -0.39 is 10.0 Å². The Bertz CT molecular complexity index is 592. The molecule has 5 heteroatoms. The summed E-state index contributed by atoms with van der Waals surface area (Å²) in [6.07, 6.45) is 3.15. The van der Waals surface area contributed by atoms with Gasteiger partial charge in [-0.3, -0.25) is 4.90 Å². The number of benzene rings is 1. The molecule has 124 valence electrons. The van der Waals surface area contributed by atoms with Gasteiger partial charge in [0, 0.05) is 31.7 Å². The zero-order valence-corrected chi connectivity index (χ0v) is 14.9. The highest BCUT2D eigenvalue weighted by Gasteiger charge is 2.30. The van der Waals surface area contributed by atoms with Gasteiger partial charge in [-0.05, 0) is 32.3 Å². The Balaban J connectivity index is 2.00. The highest BCUT2D eigenvalue weighted by Crippen LogP contribution is 2.27. The van der Waals surface area contributed by atoms with Gasteiger partial charge in [-0.25, -0.2) is 8.42 Å². The van der Waals surface area contributed by atoms with Crippen LogP contribution in [0.15, 0.2) is 24.3 Å². The molecular weight excluding hydrogens is 296 g/mol. The summed E-state index contributed by atoms with van der Waals surface area (Å²) >= 11 is 0. The van der Waals surface area contributed by atoms with Crippen LogP contribution in [-0.4, -0.2) is 49.6 Å². The maximum atomic E-state index is 11.8. The third-order valence-corrected chi connectivity index (χ3v) is 6.12. The third-order valence-electron chi connectivity index (χ3n) is 4.72. The quantitative estimate of drug-likeness (QED) is 0.836. The molecule has 0 unspecified atom stereocenters. The molecule has 4 nitrogen and oxygen atoms in total. The molecule has 1 heterocycles. The minimum absolute atomic E-state index is 0.154. The van der Waals surface area contributed by atoms with Crippen molar-refractivity contribution in [3.8, 4) is 0 Å². The molecular formula is C17H28N2O2S. The Kier molecular flexibility index (Phi) is 5.64. The van der Waals surface area contributed by atoms with Gasteiger partial charge in [-0.15, -0.1) is 0 Å². The van der Waals surface area contributed by atoms with Crippen molar-refractivity contribution in [3.05, 3.63) is 35.4 Å². The first-order valence-electron chi connectivity index (χ1n) is 8.10. The molecule has 1 aromatic carbocycles. The molecule has 0 aromatic heterocycles. The Morgan fingerprint density at radius 1 is 1.32 bits per heavy atom. The van der Waals surface area contributed by atoms with Crippen molar-refractivity contribution in [2.24, 2.45) is 0 Å². The fourth-order valence-corrected chi connectivity index (χ4v) is 4.69. The van der Waals surface area contributed by atoms with Gasteiger partial charge in [0.1, 0.15) is 0 Å². The van der Waals surface area contributed by atoms with E-state index in [0.29, 0.717) is 12.6 Å². The summed E-state index contributed by atoms with van der Waals surface area (Å²) in [4.78, 5) is 2.46. The van der Waals surface area contributed by atoms with Crippen LogP contribution in [0.3, 0.4) is 0 Å². The monoisotopic (exact) mass is 324 g/mol. The Morgan fingerprint density at radius 2 is 1.95 bits per heavy atom. The van der Waals surface area contributed by atoms with Gasteiger partial charge in [-0.2, -0.15) is 4.31 Å². The highest BCUT2D eigenvalue weighted by atomic mass is 32.2. The molecule has 0 N–H and O–H groups in total. The van der Waals surface area contributed by atoms with Crippen LogP contribution in [0.1, 0.15) is 43.9 Å². The highest BCUT2D eigenvalue weighted by molar-refractivity contribution is 7.88. The SMILES string of the molecule is CCN(C1CCN([C@@H](C)c2cccc(C)c2)CC1)S(C)(=O)=O. The van der Waals surface area contributed by atoms with E-state index >= 15 is 0 Å². The number of hydrogen-bond donors (Lipinski definition) is 0. The van der Waals surface area contributed by atoms with E-state index in [0.717, 1.165) is 25.9 Å². The summed E-state index contributed by atoms with van der Waals surface area (Å²) < 4.78 is 25.4. The minimum atomic E-state index is -3.10. The molecule has 1 aliphatic rings. The van der Waals surface area contributed by atoms with Crippen LogP contribution in [0.25, 0.3) is 0 Å². The average molecular weight is 324 g/mol. The van der Waals surface area contributed by atoms with Crippen LogP contribution >= 0.6 is 0 Å². The van der Waals surface area contributed by atoms with Crippen molar-refractivity contribution < 1.29 is 8.42 Å². The summed E-state index contributed by atoms with van der Waals surface area (Å²) in [6, 6.07) is 9.18. The van der Waals surface area contributed by atoms with E-state index in [-0.39, 0.29) is 6.04 Å². The molecule has 1 fully saturated rings. The standard InChI is InChI=1S/C17H28N2O2S/c1-5-19(22(4,20)21)17-9-11-18(12-10-17)15(3)16-8-6-7-14(2)13-16/h6-8,13,15,17H,5,9-12H2,1-4H3/t15-/m0/s1. The molecule has 22 heavy (non-hydrogen) atoms. The zero-order valence-electron chi connectivity index (χ0n) is 14.1. The second kappa shape index (κ2) is 7.11. The fraction of sp³-hybridized carbons (Fsp3) is 0.647. The number of rotatable bonds is 5. The van der Waals surface area contributed by atoms with Crippen LogP contribution < -0.4 is 0 Å². The van der Waals surface area contributed by atoms with Crippen molar-refractivity contribution in [1.82, 2.24) is 9.21 Å². The lowest BCUT2D eigenvalue weighted by Crippen LogP contribution is -2.47. The molecule has 1 aromatic rings. The van der Waals surface area contributed by atoms with Crippen molar-refractivity contribution in [3.63, 3.8) is 0 Å². The van der Waals surface area contributed by atoms with Gasteiger partial charge < -0.3 is 0 Å². The van der Waals surface area contributed by atoms with Gasteiger partial charge in [-0.1, -0.05) is 36.8 Å². The number of likely N-dealkylation sites (tertiary alicyclic amines) is 1. The molecule has 0 aliphatic carbocycles. The lowest BCUT2D eigenvalue weighted by molar-refractivity contribution is 0.127. The van der Waals surface area contributed by atoms with Gasteiger partial charge in [0.05, 0.1) is 6.26 Å². The maximum absolute atomic E-state index is 11.8. The number of nitrogens with zero attached hydrogens (tertiary/aromatic N) is 2. The summed E-state index contributed by atoms with van der Waals surface area (Å²) in [5, 5.41) is 0. The summed E-state index contributed by atoms with van der Waals surface area (Å²) in [5.41, 5.74) is 2.63. The van der Waals surface area contributed by atoms with Crippen LogP contribution in [0.4, 0.5) is 0 Å². The smallest absolute Gasteiger partial charge is 0.211 e. The second-order valence-electron chi connectivity index (χ2n) is 6.32. The fourth-order valence-electron chi connectivity index (χ4n) is 3.47. The zero-order chi connectivity index (χ0) is 16.3. The van der Waals surface area contributed by atoms with E-state index in [4.69, 9.17) is 0 Å². The number of sulfonamides is 1. The van der Waals surface area contributed by atoms with E-state index in [1.165, 1.54) is 17.4 Å². The lowest BCUT2D eigenvalue weighted by atomic mass is 9.99. The lowest BCUT2D eigenvalue weighted by Gasteiger charge is -2.39. The van der Waals surface area contributed by atoms with E-state index in [9.17, 15) is 8.42 Å². The van der Waals surface area contributed by atoms with Crippen molar-refractivity contribution >= 4 is 10.0 Å². The van der Waals surface area contributed by atoms with E-state index in [1.54, 1.807) is 4.31 Å². The van der Waals surface area contributed by atoms with E-state index in [2.05, 4.69) is 43.0 Å². The predicted molar refractivity (Wildman–Crippen MR) is 91.4 cm³/mol. The molecule has 2 rings (SSSR count). The Morgan fingerprint density at radius 3 is 2.45 bits per heavy atom. The van der Waals surface area contributed by atoms with Crippen LogP contribution in [0.2, 0.25) is 0 Å². The van der Waals surface area contributed by atoms with Gasteiger partial charge in [0.25, 0.3) is 0 Å². The van der Waals surface area contributed by atoms with Crippen molar-refractivity contribution in [1.29, 1.82) is 0 Å². The van der Waals surface area contributed by atoms with Crippen molar-refractivity contribution in [2.75, 3.05) is 25.9 Å². The number of aryl methyl sites for hydroxylation is 1. The predicted octanol–water partition coefficient (Wildman–Crippen LogP) is 2.80. The second-order valence-corrected chi connectivity index (χ2v) is 8.26. The molecule has 0 saturated carbocycles. The van der Waals surface area contributed by atoms with Crippen molar-refractivity contribution in [2.45, 2.75) is 45.7 Å². The topological polar surface area (TPSA) is 40.6 Å². The molecule has 0 radical (unpaired) electrons. The van der Waals surface area contributed by atoms with Crippen LogP contribution in [0.5, 0.6) is 0 Å². The maximum Gasteiger partial charge on any atom is 0.211 e. The van der Waals surface area contributed by atoms with Crippen LogP contribution in [0, 0.1) is 6.92 Å². The van der Waals surface area contributed by atoms with Crippen LogP contribution in [-0.2, 0) is 10.0 Å². The molecule has 0 amide bonds. The van der Waals surface area contributed by atoms with Gasteiger partial charge in [0.2, 0.25) is 10.0 Å². The first-order valence-corrected chi connectivity index (χ1v) is 9.95. The molecule has 0 bridgehead atoms. The third kappa shape index (κ3) is 4.09. The van der Waals surface area contributed by atoms with Gasteiger partial charge >= 0.3 is 0 Å². The normalized spacial score (nSPS) is 19.5. The van der Waals surface area contributed by atoms with E-state index in [1.807, 2.05) is 6.92 Å². The molecule has 1 saturated heterocycles. The average Bonchev–Trinajstić information content (AvgIpc) is 2.46. The Hall–Kier alpha value is -0.910. The number of hydrogen-bond acceptors (Lipinski definition) is 3. The minimum Gasteiger partial charge on any atom is -0.296 e. The molecule has 1 atom stereocenters.